The zero-order chi connectivity index (χ0) is 29.5. The zero-order valence-electron chi connectivity index (χ0n) is 23.2. The second-order valence-electron chi connectivity index (χ2n) is 10.3. The molecule has 2 amide bonds. The lowest BCUT2D eigenvalue weighted by Crippen LogP contribution is -2.54. The van der Waals surface area contributed by atoms with Crippen LogP contribution in [0.3, 0.4) is 0 Å². The average molecular weight is 625 g/mol. The van der Waals surface area contributed by atoms with E-state index in [9.17, 15) is 19.1 Å². The van der Waals surface area contributed by atoms with Gasteiger partial charge in [0.1, 0.15) is 17.7 Å². The van der Waals surface area contributed by atoms with E-state index < -0.39 is 12.2 Å². The van der Waals surface area contributed by atoms with E-state index >= 15 is 0 Å². The van der Waals surface area contributed by atoms with Crippen LogP contribution in [0.25, 0.3) is 0 Å². The highest BCUT2D eigenvalue weighted by molar-refractivity contribution is 9.10. The first-order valence-electron chi connectivity index (χ1n) is 13.5. The molecule has 216 valence electrons. The number of rotatable bonds is 10. The first-order chi connectivity index (χ1) is 19.6. The molecule has 1 aliphatic heterocycles. The molecule has 0 radical (unpaired) electrons. The number of amides is 2. The van der Waals surface area contributed by atoms with Crippen LogP contribution in [-0.2, 0) is 4.79 Å². The number of carbonyl (C=O) groups excluding carboxylic acids is 2. The molecule has 9 heteroatoms. The minimum absolute atomic E-state index is 0.00438. The molecular weight excluding hydrogens is 589 g/mol. The Morgan fingerprint density at radius 2 is 1.80 bits per heavy atom. The van der Waals surface area contributed by atoms with Crippen molar-refractivity contribution in [2.75, 3.05) is 32.7 Å². The second kappa shape index (κ2) is 13.9. The van der Waals surface area contributed by atoms with Gasteiger partial charge in [-0.15, -0.1) is 0 Å². The van der Waals surface area contributed by atoms with Crippen molar-refractivity contribution < 1.29 is 23.8 Å². The first kappa shape index (κ1) is 30.4. The van der Waals surface area contributed by atoms with Crippen LogP contribution in [0.4, 0.5) is 4.39 Å². The number of nitrogens with one attached hydrogen (secondary N) is 1. The molecule has 0 unspecified atom stereocenters. The molecule has 7 nitrogen and oxygen atoms in total. The van der Waals surface area contributed by atoms with E-state index in [1.165, 1.54) is 12.1 Å². The van der Waals surface area contributed by atoms with Crippen LogP contribution in [-0.4, -0.2) is 65.5 Å². The number of aliphatic hydroxyl groups excluding tert-OH is 1. The molecule has 2 N–H and O–H groups in total. The third kappa shape index (κ3) is 8.03. The van der Waals surface area contributed by atoms with Gasteiger partial charge in [-0.3, -0.25) is 14.5 Å². The van der Waals surface area contributed by atoms with Crippen LogP contribution in [0, 0.1) is 12.7 Å². The Hall–Kier alpha value is -3.53. The van der Waals surface area contributed by atoms with Crippen molar-refractivity contribution >= 4 is 27.7 Å². The first-order valence-corrected chi connectivity index (χ1v) is 14.3. The number of aliphatic hydroxyl groups is 1. The molecule has 3 aromatic carbocycles. The lowest BCUT2D eigenvalue weighted by Gasteiger charge is -2.40. The molecule has 3 atom stereocenters. The molecule has 1 heterocycles. The number of benzene rings is 3. The highest BCUT2D eigenvalue weighted by Crippen LogP contribution is 2.26. The Bertz CT molecular complexity index is 1370. The van der Waals surface area contributed by atoms with Gasteiger partial charge in [0.15, 0.2) is 0 Å². The summed E-state index contributed by atoms with van der Waals surface area (Å²) in [6.45, 7) is 9.76. The van der Waals surface area contributed by atoms with Gasteiger partial charge in [0, 0.05) is 48.8 Å². The van der Waals surface area contributed by atoms with E-state index in [0.717, 1.165) is 4.47 Å². The van der Waals surface area contributed by atoms with Crippen LogP contribution in [0.15, 0.2) is 83.9 Å². The van der Waals surface area contributed by atoms with Gasteiger partial charge >= 0.3 is 0 Å². The minimum Gasteiger partial charge on any atom is -0.484 e. The summed E-state index contributed by atoms with van der Waals surface area (Å²) in [5, 5.41) is 13.2. The van der Waals surface area contributed by atoms with Crippen molar-refractivity contribution in [3.63, 3.8) is 0 Å². The number of nitrogens with zero attached hydrogens (tertiary/aromatic N) is 2. The van der Waals surface area contributed by atoms with E-state index in [1.54, 1.807) is 54.3 Å². The summed E-state index contributed by atoms with van der Waals surface area (Å²) < 4.78 is 21.8. The number of piperazine rings is 1. The zero-order valence-corrected chi connectivity index (χ0v) is 24.8. The van der Waals surface area contributed by atoms with Gasteiger partial charge in [0.25, 0.3) is 5.91 Å². The number of ether oxygens (including phenoxy) is 1. The molecule has 0 aromatic heterocycles. The van der Waals surface area contributed by atoms with Gasteiger partial charge in [-0.25, -0.2) is 4.39 Å². The van der Waals surface area contributed by atoms with E-state index in [2.05, 4.69) is 32.7 Å². The van der Waals surface area contributed by atoms with Gasteiger partial charge in [-0.2, -0.15) is 0 Å². The van der Waals surface area contributed by atoms with E-state index in [0.29, 0.717) is 54.2 Å². The van der Waals surface area contributed by atoms with Crippen molar-refractivity contribution in [2.24, 2.45) is 0 Å². The molecule has 3 aromatic rings. The van der Waals surface area contributed by atoms with Gasteiger partial charge in [-0.1, -0.05) is 46.8 Å². The van der Waals surface area contributed by atoms with Crippen molar-refractivity contribution in [1.29, 1.82) is 0 Å². The fraction of sp³-hybridized carbons (Fsp3) is 0.312. The van der Waals surface area contributed by atoms with Crippen LogP contribution < -0.4 is 10.1 Å². The quantitative estimate of drug-likeness (QED) is 0.304. The van der Waals surface area contributed by atoms with E-state index in [-0.39, 0.29) is 30.2 Å². The van der Waals surface area contributed by atoms with Gasteiger partial charge in [0.2, 0.25) is 5.91 Å². The highest BCUT2D eigenvalue weighted by Gasteiger charge is 2.28. The Morgan fingerprint density at radius 3 is 2.44 bits per heavy atom. The molecule has 0 spiro atoms. The summed E-state index contributed by atoms with van der Waals surface area (Å²) in [7, 11) is 0. The maximum atomic E-state index is 14.5. The summed E-state index contributed by atoms with van der Waals surface area (Å²) in [5.41, 5.74) is 2.39. The third-order valence-corrected chi connectivity index (χ3v) is 7.80. The van der Waals surface area contributed by atoms with Crippen LogP contribution in [0.1, 0.15) is 46.2 Å². The number of carbonyl (C=O) groups is 2. The summed E-state index contributed by atoms with van der Waals surface area (Å²) in [5.74, 6) is -0.164. The predicted octanol–water partition coefficient (Wildman–Crippen LogP) is 5.20. The monoisotopic (exact) mass is 623 g/mol. The molecule has 0 saturated carbocycles. The Morgan fingerprint density at radius 1 is 1.12 bits per heavy atom. The summed E-state index contributed by atoms with van der Waals surface area (Å²) >= 11 is 3.37. The van der Waals surface area contributed by atoms with Crippen molar-refractivity contribution in [1.82, 2.24) is 15.1 Å². The van der Waals surface area contributed by atoms with Crippen molar-refractivity contribution in [3.8, 4) is 5.75 Å². The number of hydrogen-bond donors (Lipinski definition) is 2. The standard InChI is InChI=1S/C32H35BrFN3O4/c1-4-31(39)37-16-15-36(19-22(37)3)20-30(25-6-5-21(2)28(34)17-25)41-27-13-9-24(10-14-27)32(40)35-18-29(38)23-7-11-26(33)12-8-23/h4-14,17,22,29-30,38H,1,15-16,18-20H2,2-3H3,(H,35,40)/t22-,29-,30+/m1/s1. The van der Waals surface area contributed by atoms with E-state index in [4.69, 9.17) is 4.74 Å². The number of aryl methyl sites for hydroxylation is 1. The molecule has 0 bridgehead atoms. The molecule has 1 saturated heterocycles. The molecule has 1 fully saturated rings. The molecular formula is C32H35BrFN3O4. The Kier molecular flexibility index (Phi) is 10.3. The normalized spacial score (nSPS) is 17.0. The summed E-state index contributed by atoms with van der Waals surface area (Å²) in [6.07, 6.45) is 0.0336. The third-order valence-electron chi connectivity index (χ3n) is 7.27. The largest absolute Gasteiger partial charge is 0.484 e. The van der Waals surface area contributed by atoms with E-state index in [1.807, 2.05) is 25.1 Å². The fourth-order valence-corrected chi connectivity index (χ4v) is 5.11. The topological polar surface area (TPSA) is 82.1 Å². The smallest absolute Gasteiger partial charge is 0.251 e. The van der Waals surface area contributed by atoms with Crippen LogP contribution >= 0.6 is 15.9 Å². The molecule has 0 aliphatic carbocycles. The maximum Gasteiger partial charge on any atom is 0.251 e. The highest BCUT2D eigenvalue weighted by atomic mass is 79.9. The molecule has 1 aliphatic rings. The molecule has 4 rings (SSSR count). The predicted molar refractivity (Wildman–Crippen MR) is 160 cm³/mol. The van der Waals surface area contributed by atoms with Crippen molar-refractivity contribution in [3.05, 3.63) is 112 Å². The fourth-order valence-electron chi connectivity index (χ4n) is 4.84. The average Bonchev–Trinajstić information content (AvgIpc) is 2.97. The lowest BCUT2D eigenvalue weighted by molar-refractivity contribution is -0.130. The Balaban J connectivity index is 1.42. The number of halogens is 2. The van der Waals surface area contributed by atoms with Crippen LogP contribution in [0.2, 0.25) is 0 Å². The minimum atomic E-state index is -0.829. The van der Waals surface area contributed by atoms with Crippen LogP contribution in [0.5, 0.6) is 5.75 Å². The molecule has 41 heavy (non-hydrogen) atoms. The SMILES string of the molecule is C=CC(=O)N1CCN(C[C@H](Oc2ccc(C(=O)NC[C@@H](O)c3ccc(Br)cc3)cc2)c2ccc(C)c(F)c2)C[C@H]1C. The van der Waals surface area contributed by atoms with Crippen molar-refractivity contribution in [2.45, 2.75) is 32.1 Å². The van der Waals surface area contributed by atoms with Gasteiger partial charge in [-0.05, 0) is 79.1 Å². The Labute approximate surface area is 248 Å². The summed E-state index contributed by atoms with van der Waals surface area (Å²) in [6, 6.07) is 19.1. The maximum absolute atomic E-state index is 14.5. The lowest BCUT2D eigenvalue weighted by atomic mass is 10.0. The number of hydrogen-bond acceptors (Lipinski definition) is 5. The summed E-state index contributed by atoms with van der Waals surface area (Å²) in [4.78, 5) is 28.8. The van der Waals surface area contributed by atoms with Gasteiger partial charge in [0.05, 0.1) is 6.10 Å². The second-order valence-corrected chi connectivity index (χ2v) is 11.2. The van der Waals surface area contributed by atoms with Gasteiger partial charge < -0.3 is 20.1 Å².